The molecule has 2 aliphatic rings. The van der Waals surface area contributed by atoms with Crippen molar-refractivity contribution in [1.82, 2.24) is 4.90 Å². The van der Waals surface area contributed by atoms with Crippen LogP contribution in [0.25, 0.3) is 0 Å². The summed E-state index contributed by atoms with van der Waals surface area (Å²) < 4.78 is 11.4. The molecule has 0 radical (unpaired) electrons. The maximum Gasteiger partial charge on any atom is 0.224 e. The van der Waals surface area contributed by atoms with E-state index in [-0.39, 0.29) is 5.91 Å². The number of hydrogen-bond acceptors (Lipinski definition) is 5. The molecule has 0 unspecified atom stereocenters. The lowest BCUT2D eigenvalue weighted by Crippen LogP contribution is -2.44. The standard InChI is InChI=1S/C23H28ClN3O3/c1-26-9-11-27(12-10-26)20-6-5-18(16-19(20)24)25-23(28)8-4-17-3-7-21-22(15-17)30-14-2-13-29-21/h3,5-7,15-16H,2,4,8-14H2,1H3,(H,25,28). The van der Waals surface area contributed by atoms with Crippen LogP contribution in [0.4, 0.5) is 11.4 Å². The van der Waals surface area contributed by atoms with Crippen molar-refractivity contribution < 1.29 is 14.3 Å². The van der Waals surface area contributed by atoms with E-state index >= 15 is 0 Å². The van der Waals surface area contributed by atoms with E-state index in [9.17, 15) is 4.79 Å². The number of amides is 1. The smallest absolute Gasteiger partial charge is 0.224 e. The minimum Gasteiger partial charge on any atom is -0.490 e. The van der Waals surface area contributed by atoms with E-state index in [1.54, 1.807) is 0 Å². The quantitative estimate of drug-likeness (QED) is 0.782. The van der Waals surface area contributed by atoms with Gasteiger partial charge in [-0.15, -0.1) is 0 Å². The Bertz CT molecular complexity index is 897. The van der Waals surface area contributed by atoms with Crippen molar-refractivity contribution in [1.29, 1.82) is 0 Å². The Kier molecular flexibility index (Phi) is 6.65. The van der Waals surface area contributed by atoms with Gasteiger partial charge in [0.1, 0.15) is 0 Å². The fourth-order valence-corrected chi connectivity index (χ4v) is 4.03. The van der Waals surface area contributed by atoms with Crippen LogP contribution in [0.2, 0.25) is 5.02 Å². The monoisotopic (exact) mass is 429 g/mol. The van der Waals surface area contributed by atoms with E-state index in [1.807, 2.05) is 36.4 Å². The van der Waals surface area contributed by atoms with Crippen molar-refractivity contribution >= 4 is 28.9 Å². The summed E-state index contributed by atoms with van der Waals surface area (Å²) in [7, 11) is 2.13. The minimum absolute atomic E-state index is 0.0366. The van der Waals surface area contributed by atoms with Gasteiger partial charge in [-0.25, -0.2) is 0 Å². The molecule has 2 aliphatic heterocycles. The summed E-state index contributed by atoms with van der Waals surface area (Å²) >= 11 is 6.50. The van der Waals surface area contributed by atoms with Crippen LogP contribution in [-0.4, -0.2) is 57.2 Å². The number of piperazine rings is 1. The van der Waals surface area contributed by atoms with Crippen molar-refractivity contribution in [2.24, 2.45) is 0 Å². The number of hydrogen-bond donors (Lipinski definition) is 1. The average Bonchev–Trinajstić information content (AvgIpc) is 2.98. The molecule has 6 nitrogen and oxygen atoms in total. The van der Waals surface area contributed by atoms with Crippen molar-refractivity contribution in [2.75, 3.05) is 56.7 Å². The summed E-state index contributed by atoms with van der Waals surface area (Å²) in [6.07, 6.45) is 1.90. The van der Waals surface area contributed by atoms with E-state index in [2.05, 4.69) is 22.2 Å². The van der Waals surface area contributed by atoms with E-state index in [1.165, 1.54) is 0 Å². The summed E-state index contributed by atoms with van der Waals surface area (Å²) in [5, 5.41) is 3.62. The molecule has 0 saturated carbocycles. The number of benzene rings is 2. The zero-order valence-corrected chi connectivity index (χ0v) is 18.1. The van der Waals surface area contributed by atoms with Crippen LogP contribution in [0.1, 0.15) is 18.4 Å². The first kappa shape index (κ1) is 20.8. The minimum atomic E-state index is -0.0366. The molecule has 1 N–H and O–H groups in total. The van der Waals surface area contributed by atoms with Gasteiger partial charge < -0.3 is 24.6 Å². The molecule has 0 aromatic heterocycles. The Balaban J connectivity index is 1.32. The molecule has 160 valence electrons. The number of anilines is 2. The summed E-state index contributed by atoms with van der Waals surface area (Å²) in [6, 6.07) is 11.6. The second kappa shape index (κ2) is 9.58. The van der Waals surface area contributed by atoms with Crippen molar-refractivity contribution in [3.8, 4) is 11.5 Å². The van der Waals surface area contributed by atoms with Crippen molar-refractivity contribution in [2.45, 2.75) is 19.3 Å². The predicted octanol–water partition coefficient (Wildman–Crippen LogP) is 3.82. The number of carbonyl (C=O) groups is 1. The van der Waals surface area contributed by atoms with Gasteiger partial charge >= 0.3 is 0 Å². The van der Waals surface area contributed by atoms with Crippen LogP contribution in [-0.2, 0) is 11.2 Å². The second-order valence-corrected chi connectivity index (χ2v) is 8.24. The number of likely N-dealkylation sites (N-methyl/N-ethyl adjacent to an activating group) is 1. The Morgan fingerprint density at radius 3 is 2.57 bits per heavy atom. The molecular formula is C23H28ClN3O3. The predicted molar refractivity (Wildman–Crippen MR) is 120 cm³/mol. The third-order valence-electron chi connectivity index (χ3n) is 5.53. The van der Waals surface area contributed by atoms with E-state index in [4.69, 9.17) is 21.1 Å². The molecule has 2 aromatic carbocycles. The average molecular weight is 430 g/mol. The maximum atomic E-state index is 12.4. The molecule has 0 atom stereocenters. The number of aryl methyl sites for hydroxylation is 1. The first-order valence-electron chi connectivity index (χ1n) is 10.5. The van der Waals surface area contributed by atoms with Crippen LogP contribution in [0.3, 0.4) is 0 Å². The molecule has 0 spiro atoms. The highest BCUT2D eigenvalue weighted by Gasteiger charge is 2.17. The first-order chi connectivity index (χ1) is 14.6. The highest BCUT2D eigenvalue weighted by Crippen LogP contribution is 2.31. The summed E-state index contributed by atoms with van der Waals surface area (Å²) in [4.78, 5) is 17.0. The van der Waals surface area contributed by atoms with Gasteiger partial charge in [0.25, 0.3) is 0 Å². The van der Waals surface area contributed by atoms with Gasteiger partial charge in [0.2, 0.25) is 5.91 Å². The van der Waals surface area contributed by atoms with Crippen LogP contribution < -0.4 is 19.7 Å². The Labute approximate surface area is 182 Å². The topological polar surface area (TPSA) is 54.0 Å². The third-order valence-corrected chi connectivity index (χ3v) is 5.83. The third kappa shape index (κ3) is 5.18. The molecule has 0 bridgehead atoms. The highest BCUT2D eigenvalue weighted by atomic mass is 35.5. The van der Waals surface area contributed by atoms with Crippen molar-refractivity contribution in [3.63, 3.8) is 0 Å². The second-order valence-electron chi connectivity index (χ2n) is 7.84. The normalized spacial score (nSPS) is 16.8. The number of halogens is 1. The molecule has 2 aromatic rings. The maximum absolute atomic E-state index is 12.4. The lowest BCUT2D eigenvalue weighted by molar-refractivity contribution is -0.116. The van der Waals surface area contributed by atoms with Gasteiger partial charge in [-0.1, -0.05) is 17.7 Å². The van der Waals surface area contributed by atoms with Crippen LogP contribution in [0.15, 0.2) is 36.4 Å². The highest BCUT2D eigenvalue weighted by molar-refractivity contribution is 6.33. The molecular weight excluding hydrogens is 402 g/mol. The van der Waals surface area contributed by atoms with Gasteiger partial charge in [0, 0.05) is 44.7 Å². The number of rotatable bonds is 5. The zero-order valence-electron chi connectivity index (χ0n) is 17.3. The molecule has 1 fully saturated rings. The zero-order chi connectivity index (χ0) is 20.9. The first-order valence-corrected chi connectivity index (χ1v) is 10.9. The van der Waals surface area contributed by atoms with Gasteiger partial charge in [-0.2, -0.15) is 0 Å². The van der Waals surface area contributed by atoms with Crippen LogP contribution in [0.5, 0.6) is 11.5 Å². The lowest BCUT2D eigenvalue weighted by atomic mass is 10.1. The Morgan fingerprint density at radius 1 is 1.03 bits per heavy atom. The van der Waals surface area contributed by atoms with Gasteiger partial charge in [-0.05, 0) is 49.4 Å². The summed E-state index contributed by atoms with van der Waals surface area (Å²) in [6.45, 7) is 5.28. The van der Waals surface area contributed by atoms with Crippen LogP contribution in [0, 0.1) is 0 Å². The van der Waals surface area contributed by atoms with E-state index in [0.29, 0.717) is 31.1 Å². The van der Waals surface area contributed by atoms with E-state index in [0.717, 1.165) is 61.0 Å². The number of carbonyl (C=O) groups excluding carboxylic acids is 1. The molecule has 0 aliphatic carbocycles. The molecule has 1 saturated heterocycles. The fourth-order valence-electron chi connectivity index (χ4n) is 3.73. The Hall–Kier alpha value is -2.44. The molecule has 7 heteroatoms. The van der Waals surface area contributed by atoms with Gasteiger partial charge in [0.05, 0.1) is 23.9 Å². The van der Waals surface area contributed by atoms with Gasteiger partial charge in [0.15, 0.2) is 11.5 Å². The number of nitrogens with one attached hydrogen (secondary N) is 1. The summed E-state index contributed by atoms with van der Waals surface area (Å²) in [5.74, 6) is 1.50. The number of nitrogens with zero attached hydrogens (tertiary/aromatic N) is 2. The van der Waals surface area contributed by atoms with Gasteiger partial charge in [-0.3, -0.25) is 4.79 Å². The van der Waals surface area contributed by atoms with Crippen LogP contribution >= 0.6 is 11.6 Å². The molecule has 30 heavy (non-hydrogen) atoms. The number of ether oxygens (including phenoxy) is 2. The van der Waals surface area contributed by atoms with E-state index < -0.39 is 0 Å². The molecule has 4 rings (SSSR count). The Morgan fingerprint density at radius 2 is 1.80 bits per heavy atom. The summed E-state index contributed by atoms with van der Waals surface area (Å²) in [5.41, 5.74) is 2.80. The fraction of sp³-hybridized carbons (Fsp3) is 0.435. The largest absolute Gasteiger partial charge is 0.490 e. The SMILES string of the molecule is CN1CCN(c2ccc(NC(=O)CCc3ccc4c(c3)OCCCO4)cc2Cl)CC1. The molecule has 2 heterocycles. The lowest BCUT2D eigenvalue weighted by Gasteiger charge is -2.34. The van der Waals surface area contributed by atoms with Crippen molar-refractivity contribution in [3.05, 3.63) is 47.0 Å². The number of fused-ring (bicyclic) bond motifs is 1. The molecule has 1 amide bonds.